The van der Waals surface area contributed by atoms with E-state index in [1.165, 1.54) is 0 Å². The van der Waals surface area contributed by atoms with E-state index in [1.54, 1.807) is 11.8 Å². The van der Waals surface area contributed by atoms with Crippen molar-refractivity contribution in [1.29, 1.82) is 0 Å². The van der Waals surface area contributed by atoms with Crippen LogP contribution in [0.3, 0.4) is 0 Å². The van der Waals surface area contributed by atoms with Crippen molar-refractivity contribution in [3.63, 3.8) is 0 Å². The number of rotatable bonds is 3. The molecule has 7 heteroatoms. The summed E-state index contributed by atoms with van der Waals surface area (Å²) in [7, 11) is 0. The highest BCUT2D eigenvalue weighted by Gasteiger charge is 2.34. The number of hydrogen-bond acceptors (Lipinski definition) is 4. The van der Waals surface area contributed by atoms with Gasteiger partial charge in [0.1, 0.15) is 6.04 Å². The molecular formula is C12H19N3O4. The molecule has 2 N–H and O–H groups in total. The Bertz CT molecular complexity index is 390. The van der Waals surface area contributed by atoms with Gasteiger partial charge in [0.05, 0.1) is 5.92 Å². The molecule has 0 radical (unpaired) electrons. The number of nitrogens with zero attached hydrogens (tertiary/aromatic N) is 2. The van der Waals surface area contributed by atoms with Crippen LogP contribution >= 0.6 is 0 Å². The summed E-state index contributed by atoms with van der Waals surface area (Å²) < 4.78 is 0. The Morgan fingerprint density at radius 1 is 1.32 bits per heavy atom. The van der Waals surface area contributed by atoms with Gasteiger partial charge in [-0.3, -0.25) is 19.3 Å². The van der Waals surface area contributed by atoms with Crippen LogP contribution in [0, 0.1) is 5.92 Å². The minimum Gasteiger partial charge on any atom is -0.480 e. The van der Waals surface area contributed by atoms with Crippen LogP contribution in [-0.2, 0) is 14.4 Å². The van der Waals surface area contributed by atoms with Crippen molar-refractivity contribution in [3.05, 3.63) is 0 Å². The molecular weight excluding hydrogens is 250 g/mol. The summed E-state index contributed by atoms with van der Waals surface area (Å²) in [6.07, 6.45) is 0.268. The number of hydrogen-bond donors (Lipinski definition) is 2. The molecule has 2 rings (SSSR count). The summed E-state index contributed by atoms with van der Waals surface area (Å²) in [5.41, 5.74) is 0. The largest absolute Gasteiger partial charge is 0.480 e. The topological polar surface area (TPSA) is 89.9 Å². The normalized spacial score (nSPS) is 26.1. The van der Waals surface area contributed by atoms with Crippen LogP contribution in [0.1, 0.15) is 13.3 Å². The fourth-order valence-electron chi connectivity index (χ4n) is 2.52. The SMILES string of the molecule is CC(C(=O)O)N1CCN(C(=O)C2CNC(=O)C2)CC1. The summed E-state index contributed by atoms with van der Waals surface area (Å²) >= 11 is 0. The predicted molar refractivity (Wildman–Crippen MR) is 66.4 cm³/mol. The maximum absolute atomic E-state index is 12.2. The minimum absolute atomic E-state index is 0.000906. The van der Waals surface area contributed by atoms with Crippen molar-refractivity contribution >= 4 is 17.8 Å². The average Bonchev–Trinajstić information content (AvgIpc) is 2.84. The minimum atomic E-state index is -0.842. The van der Waals surface area contributed by atoms with Gasteiger partial charge in [0, 0.05) is 39.1 Å². The standard InChI is InChI=1S/C12H19N3O4/c1-8(12(18)19)14-2-4-15(5-3-14)11(17)9-6-10(16)13-7-9/h8-9H,2-7H2,1H3,(H,13,16)(H,18,19). The third kappa shape index (κ3) is 3.04. The summed E-state index contributed by atoms with van der Waals surface area (Å²) in [4.78, 5) is 37.7. The van der Waals surface area contributed by atoms with E-state index < -0.39 is 12.0 Å². The number of carbonyl (C=O) groups is 3. The van der Waals surface area contributed by atoms with Crippen LogP contribution in [0.25, 0.3) is 0 Å². The van der Waals surface area contributed by atoms with E-state index in [4.69, 9.17) is 5.11 Å². The quantitative estimate of drug-likeness (QED) is 0.667. The van der Waals surface area contributed by atoms with Crippen LogP contribution in [0.2, 0.25) is 0 Å². The van der Waals surface area contributed by atoms with Crippen molar-refractivity contribution in [2.24, 2.45) is 5.92 Å². The zero-order valence-electron chi connectivity index (χ0n) is 11.0. The van der Waals surface area contributed by atoms with E-state index in [0.717, 1.165) is 0 Å². The van der Waals surface area contributed by atoms with Gasteiger partial charge in [0.15, 0.2) is 0 Å². The maximum Gasteiger partial charge on any atom is 0.320 e. The number of nitrogens with one attached hydrogen (secondary N) is 1. The fraction of sp³-hybridized carbons (Fsp3) is 0.750. The molecule has 0 aliphatic carbocycles. The number of carboxylic acids is 1. The van der Waals surface area contributed by atoms with Gasteiger partial charge in [-0.05, 0) is 6.92 Å². The third-order valence-corrected chi connectivity index (χ3v) is 3.86. The molecule has 2 fully saturated rings. The lowest BCUT2D eigenvalue weighted by atomic mass is 10.1. The first-order chi connectivity index (χ1) is 8.99. The van der Waals surface area contributed by atoms with Gasteiger partial charge >= 0.3 is 5.97 Å². The van der Waals surface area contributed by atoms with E-state index >= 15 is 0 Å². The average molecular weight is 269 g/mol. The van der Waals surface area contributed by atoms with Crippen molar-refractivity contribution in [2.75, 3.05) is 32.7 Å². The Labute approximate surface area is 111 Å². The summed E-state index contributed by atoms with van der Waals surface area (Å²) in [6, 6.07) is -0.521. The maximum atomic E-state index is 12.2. The second-order valence-electron chi connectivity index (χ2n) is 5.08. The Balaban J connectivity index is 1.84. The zero-order valence-corrected chi connectivity index (χ0v) is 11.0. The molecule has 7 nitrogen and oxygen atoms in total. The second-order valence-corrected chi connectivity index (χ2v) is 5.08. The molecule has 2 heterocycles. The van der Waals surface area contributed by atoms with E-state index in [1.807, 2.05) is 4.90 Å². The lowest BCUT2D eigenvalue weighted by molar-refractivity contribution is -0.144. The molecule has 2 unspecified atom stereocenters. The number of piperazine rings is 1. The number of carboxylic acid groups (broad SMARTS) is 1. The molecule has 106 valence electrons. The Hall–Kier alpha value is -1.63. The lowest BCUT2D eigenvalue weighted by Crippen LogP contribution is -2.54. The first-order valence-corrected chi connectivity index (χ1v) is 6.51. The lowest BCUT2D eigenvalue weighted by Gasteiger charge is -2.37. The highest BCUT2D eigenvalue weighted by atomic mass is 16.4. The summed E-state index contributed by atoms with van der Waals surface area (Å²) in [5, 5.41) is 11.6. The third-order valence-electron chi connectivity index (χ3n) is 3.86. The molecule has 0 spiro atoms. The van der Waals surface area contributed by atoms with E-state index in [0.29, 0.717) is 32.7 Å². The smallest absolute Gasteiger partial charge is 0.320 e. The molecule has 2 atom stereocenters. The number of carbonyl (C=O) groups excluding carboxylic acids is 2. The van der Waals surface area contributed by atoms with Gasteiger partial charge in [0.2, 0.25) is 11.8 Å². The van der Waals surface area contributed by atoms with Gasteiger partial charge < -0.3 is 15.3 Å². The molecule has 0 aromatic heterocycles. The fourth-order valence-corrected chi connectivity index (χ4v) is 2.52. The summed E-state index contributed by atoms with van der Waals surface area (Å²) in [5.74, 6) is -1.17. The van der Waals surface area contributed by atoms with E-state index in [-0.39, 0.29) is 24.2 Å². The molecule has 2 aliphatic rings. The molecule has 2 aliphatic heterocycles. The van der Waals surface area contributed by atoms with Crippen molar-refractivity contribution < 1.29 is 19.5 Å². The van der Waals surface area contributed by atoms with Gasteiger partial charge in [-0.2, -0.15) is 0 Å². The Morgan fingerprint density at radius 3 is 2.42 bits per heavy atom. The van der Waals surface area contributed by atoms with Crippen LogP contribution in [0.5, 0.6) is 0 Å². The predicted octanol–water partition coefficient (Wildman–Crippen LogP) is -1.26. The monoisotopic (exact) mass is 269 g/mol. The molecule has 2 amide bonds. The second kappa shape index (κ2) is 5.56. The highest BCUT2D eigenvalue weighted by Crippen LogP contribution is 2.15. The van der Waals surface area contributed by atoms with Gasteiger partial charge in [-0.1, -0.05) is 0 Å². The van der Waals surface area contributed by atoms with Gasteiger partial charge in [-0.25, -0.2) is 0 Å². The van der Waals surface area contributed by atoms with E-state index in [9.17, 15) is 14.4 Å². The highest BCUT2D eigenvalue weighted by molar-refractivity contribution is 5.89. The van der Waals surface area contributed by atoms with Crippen molar-refractivity contribution in [3.8, 4) is 0 Å². The Kier molecular flexibility index (Phi) is 4.04. The molecule has 0 saturated carbocycles. The Morgan fingerprint density at radius 2 is 1.95 bits per heavy atom. The number of amides is 2. The molecule has 0 aromatic carbocycles. The van der Waals surface area contributed by atoms with Crippen molar-refractivity contribution in [2.45, 2.75) is 19.4 Å². The van der Waals surface area contributed by atoms with Gasteiger partial charge in [-0.15, -0.1) is 0 Å². The summed E-state index contributed by atoms with van der Waals surface area (Å²) in [6.45, 7) is 4.26. The first kappa shape index (κ1) is 13.8. The first-order valence-electron chi connectivity index (χ1n) is 6.51. The molecule has 2 saturated heterocycles. The molecule has 0 aromatic rings. The van der Waals surface area contributed by atoms with E-state index in [2.05, 4.69) is 5.32 Å². The zero-order chi connectivity index (χ0) is 14.0. The molecule has 19 heavy (non-hydrogen) atoms. The van der Waals surface area contributed by atoms with Crippen LogP contribution in [-0.4, -0.2) is 71.5 Å². The van der Waals surface area contributed by atoms with Crippen LogP contribution in [0.4, 0.5) is 0 Å². The molecule has 0 bridgehead atoms. The number of aliphatic carboxylic acids is 1. The van der Waals surface area contributed by atoms with Gasteiger partial charge in [0.25, 0.3) is 0 Å². The van der Waals surface area contributed by atoms with Crippen LogP contribution in [0.15, 0.2) is 0 Å². The van der Waals surface area contributed by atoms with Crippen molar-refractivity contribution in [1.82, 2.24) is 15.1 Å². The van der Waals surface area contributed by atoms with Crippen LogP contribution < -0.4 is 5.32 Å².